The second-order valence-electron chi connectivity index (χ2n) is 7.88. The summed E-state index contributed by atoms with van der Waals surface area (Å²) in [6.45, 7) is 2.83. The molecule has 9 heteroatoms. The third-order valence-corrected chi connectivity index (χ3v) is 6.30. The summed E-state index contributed by atoms with van der Waals surface area (Å²) >= 11 is 6.37. The lowest BCUT2D eigenvalue weighted by atomic mass is 10.00. The van der Waals surface area contributed by atoms with Crippen molar-refractivity contribution in [3.8, 4) is 0 Å². The molecule has 4 N–H and O–H groups in total. The quantitative estimate of drug-likeness (QED) is 0.305. The van der Waals surface area contributed by atoms with E-state index < -0.39 is 23.8 Å². The number of H-pyrrole nitrogens is 1. The Labute approximate surface area is 200 Å². The van der Waals surface area contributed by atoms with E-state index in [2.05, 4.69) is 34.7 Å². The van der Waals surface area contributed by atoms with Crippen LogP contribution in [-0.4, -0.2) is 34.7 Å². The monoisotopic (exact) mass is 491 g/mol. The summed E-state index contributed by atoms with van der Waals surface area (Å²) in [6.07, 6.45) is 0.0958. The van der Waals surface area contributed by atoms with E-state index in [1.807, 2.05) is 12.1 Å². The minimum atomic E-state index is -0.976. The van der Waals surface area contributed by atoms with E-state index in [0.717, 1.165) is 18.1 Å². The Morgan fingerprint density at radius 2 is 1.88 bits per heavy atom. The van der Waals surface area contributed by atoms with Crippen LogP contribution < -0.4 is 10.6 Å². The maximum absolute atomic E-state index is 13.7. The molecule has 1 aromatic heterocycles. The van der Waals surface area contributed by atoms with Crippen LogP contribution in [0.5, 0.6) is 0 Å². The van der Waals surface area contributed by atoms with E-state index in [1.54, 1.807) is 5.38 Å². The van der Waals surface area contributed by atoms with Crippen LogP contribution in [0, 0.1) is 15.6 Å². The highest BCUT2D eigenvalue weighted by Crippen LogP contribution is 2.13. The number of halogens is 2. The number of carbonyl (C=O) groups excluding carboxylic acids is 1. The number of aryl methyl sites for hydroxylation is 1. The number of aromatic amines is 1. The number of amides is 1. The standard InChI is InChI=1S/C24H27F2N3O2S2/c1-2-15-4-3-5-16(6-15)12-27-13-22(30)21(9-17-7-18(25)10-19(26)8-17)29-23(31)11-20-14-33-24(32)28-20/h3-8,10,14,21-22,27,30H,2,9,11-13H2,1H3,(H,28,32)(H,29,31)/t21-,22-/m0/s1. The summed E-state index contributed by atoms with van der Waals surface area (Å²) in [4.78, 5) is 15.5. The topological polar surface area (TPSA) is 77.2 Å². The molecule has 0 fully saturated rings. The van der Waals surface area contributed by atoms with Crippen LogP contribution in [0.15, 0.2) is 47.8 Å². The number of aliphatic hydroxyl groups is 1. The molecule has 0 aliphatic heterocycles. The molecule has 0 bridgehead atoms. The minimum absolute atomic E-state index is 0.0606. The van der Waals surface area contributed by atoms with Crippen LogP contribution in [-0.2, 0) is 30.6 Å². The van der Waals surface area contributed by atoms with Crippen molar-refractivity contribution in [2.45, 2.75) is 44.9 Å². The Kier molecular flexibility index (Phi) is 9.25. The first-order valence-corrected chi connectivity index (χ1v) is 12.0. The van der Waals surface area contributed by atoms with Gasteiger partial charge in [-0.15, -0.1) is 11.3 Å². The Bertz CT molecular complexity index is 1110. The highest BCUT2D eigenvalue weighted by molar-refractivity contribution is 7.73. The van der Waals surface area contributed by atoms with Crippen molar-refractivity contribution in [3.05, 3.63) is 85.8 Å². The molecule has 0 unspecified atom stereocenters. The summed E-state index contributed by atoms with van der Waals surface area (Å²) in [5, 5.41) is 18.6. The Morgan fingerprint density at radius 1 is 1.15 bits per heavy atom. The molecule has 0 saturated heterocycles. The van der Waals surface area contributed by atoms with Gasteiger partial charge in [-0.25, -0.2) is 8.78 Å². The van der Waals surface area contributed by atoms with Crippen LogP contribution in [0.25, 0.3) is 0 Å². The van der Waals surface area contributed by atoms with Gasteiger partial charge in [-0.05, 0) is 53.9 Å². The molecule has 176 valence electrons. The molecular formula is C24H27F2N3O2S2. The van der Waals surface area contributed by atoms with Crippen molar-refractivity contribution in [2.24, 2.45) is 0 Å². The second-order valence-corrected chi connectivity index (χ2v) is 9.42. The van der Waals surface area contributed by atoms with E-state index in [9.17, 15) is 18.7 Å². The molecule has 0 aliphatic rings. The summed E-state index contributed by atoms with van der Waals surface area (Å²) in [6, 6.07) is 10.6. The number of rotatable bonds is 11. The fourth-order valence-corrected chi connectivity index (χ4v) is 4.42. The SMILES string of the molecule is CCc1cccc(CNC[C@H](O)[C@H](Cc2cc(F)cc(F)c2)NC(=O)Cc2csc(=S)[nH]2)c1. The number of hydrogen-bond acceptors (Lipinski definition) is 5. The van der Waals surface area contributed by atoms with Gasteiger partial charge in [0.1, 0.15) is 11.6 Å². The van der Waals surface area contributed by atoms with Gasteiger partial charge in [0.2, 0.25) is 5.91 Å². The van der Waals surface area contributed by atoms with Crippen LogP contribution in [0.3, 0.4) is 0 Å². The summed E-state index contributed by atoms with van der Waals surface area (Å²) in [5.41, 5.74) is 3.33. The van der Waals surface area contributed by atoms with Crippen LogP contribution in [0.4, 0.5) is 8.78 Å². The summed E-state index contributed by atoms with van der Waals surface area (Å²) in [7, 11) is 0. The third-order valence-electron chi connectivity index (χ3n) is 5.19. The molecule has 2 atom stereocenters. The Morgan fingerprint density at radius 3 is 2.55 bits per heavy atom. The van der Waals surface area contributed by atoms with Crippen molar-refractivity contribution in [1.82, 2.24) is 15.6 Å². The number of nitrogens with one attached hydrogen (secondary N) is 3. The zero-order valence-electron chi connectivity index (χ0n) is 18.2. The number of aliphatic hydroxyl groups excluding tert-OH is 1. The molecule has 0 saturated carbocycles. The molecule has 2 aromatic carbocycles. The molecule has 1 heterocycles. The van der Waals surface area contributed by atoms with Crippen LogP contribution >= 0.6 is 23.6 Å². The second kappa shape index (κ2) is 12.1. The lowest BCUT2D eigenvalue weighted by molar-refractivity contribution is -0.122. The predicted molar refractivity (Wildman–Crippen MR) is 129 cm³/mol. The first-order chi connectivity index (χ1) is 15.8. The van der Waals surface area contributed by atoms with E-state index in [1.165, 1.54) is 29.0 Å². The smallest absolute Gasteiger partial charge is 0.226 e. The molecular weight excluding hydrogens is 464 g/mol. The van der Waals surface area contributed by atoms with Gasteiger partial charge < -0.3 is 20.7 Å². The molecule has 33 heavy (non-hydrogen) atoms. The normalized spacial score (nSPS) is 13.0. The van der Waals surface area contributed by atoms with Crippen LogP contribution in [0.2, 0.25) is 0 Å². The highest BCUT2D eigenvalue weighted by atomic mass is 32.1. The van der Waals surface area contributed by atoms with Crippen molar-refractivity contribution in [2.75, 3.05) is 6.54 Å². The minimum Gasteiger partial charge on any atom is -0.390 e. The molecule has 3 rings (SSSR count). The van der Waals surface area contributed by atoms with Crippen LogP contribution in [0.1, 0.15) is 29.3 Å². The van der Waals surface area contributed by atoms with Gasteiger partial charge in [-0.3, -0.25) is 4.79 Å². The number of thiazole rings is 1. The zero-order chi connectivity index (χ0) is 23.8. The summed E-state index contributed by atoms with van der Waals surface area (Å²) in [5.74, 6) is -1.73. The average molecular weight is 492 g/mol. The largest absolute Gasteiger partial charge is 0.390 e. The predicted octanol–water partition coefficient (Wildman–Crippen LogP) is 4.07. The van der Waals surface area contributed by atoms with Crippen molar-refractivity contribution in [3.63, 3.8) is 0 Å². The van der Waals surface area contributed by atoms with Gasteiger partial charge in [-0.2, -0.15) is 0 Å². The van der Waals surface area contributed by atoms with Crippen molar-refractivity contribution < 1.29 is 18.7 Å². The lowest BCUT2D eigenvalue weighted by Crippen LogP contribution is -2.49. The summed E-state index contributed by atoms with van der Waals surface area (Å²) < 4.78 is 27.9. The van der Waals surface area contributed by atoms with Gasteiger partial charge in [-0.1, -0.05) is 31.2 Å². The maximum atomic E-state index is 13.7. The maximum Gasteiger partial charge on any atom is 0.226 e. The lowest BCUT2D eigenvalue weighted by Gasteiger charge is -2.25. The van der Waals surface area contributed by atoms with Gasteiger partial charge in [0, 0.05) is 30.2 Å². The molecule has 5 nitrogen and oxygen atoms in total. The Balaban J connectivity index is 1.66. The fraction of sp³-hybridized carbons (Fsp3) is 0.333. The number of aromatic nitrogens is 1. The van der Waals surface area contributed by atoms with E-state index >= 15 is 0 Å². The fourth-order valence-electron chi connectivity index (χ4n) is 3.56. The molecule has 3 aromatic rings. The van der Waals surface area contributed by atoms with E-state index in [4.69, 9.17) is 12.2 Å². The van der Waals surface area contributed by atoms with E-state index in [0.29, 0.717) is 21.8 Å². The van der Waals surface area contributed by atoms with Gasteiger partial charge >= 0.3 is 0 Å². The van der Waals surface area contributed by atoms with E-state index in [-0.39, 0.29) is 25.3 Å². The first kappa shape index (κ1) is 25.2. The van der Waals surface area contributed by atoms with Gasteiger partial charge in [0.15, 0.2) is 3.95 Å². The molecule has 0 spiro atoms. The third kappa shape index (κ3) is 8.12. The molecule has 1 amide bonds. The molecule has 0 aliphatic carbocycles. The number of hydrogen-bond donors (Lipinski definition) is 4. The van der Waals surface area contributed by atoms with Gasteiger partial charge in [0.05, 0.1) is 18.6 Å². The number of benzene rings is 2. The van der Waals surface area contributed by atoms with Crippen molar-refractivity contribution >= 4 is 29.5 Å². The zero-order valence-corrected chi connectivity index (χ0v) is 19.9. The highest BCUT2D eigenvalue weighted by Gasteiger charge is 2.22. The van der Waals surface area contributed by atoms with Crippen molar-refractivity contribution in [1.29, 1.82) is 0 Å². The first-order valence-electron chi connectivity index (χ1n) is 10.7. The Hall–Kier alpha value is -2.46. The average Bonchev–Trinajstić information content (AvgIpc) is 3.17. The van der Waals surface area contributed by atoms with Gasteiger partial charge in [0.25, 0.3) is 0 Å². The number of carbonyl (C=O) groups is 1. The molecule has 0 radical (unpaired) electrons.